The maximum absolute atomic E-state index is 12.8. The molecule has 162 valence electrons. The summed E-state index contributed by atoms with van der Waals surface area (Å²) in [5.74, 6) is -0.0994. The van der Waals surface area contributed by atoms with Crippen LogP contribution < -0.4 is 14.8 Å². The molecule has 3 rings (SSSR count). The number of hydrogen-bond donors (Lipinski definition) is 1. The lowest BCUT2D eigenvalue weighted by atomic mass is 10.1. The van der Waals surface area contributed by atoms with E-state index in [9.17, 15) is 9.59 Å². The number of nitrogens with zero attached hydrogens (tertiary/aromatic N) is 2. The smallest absolute Gasteiger partial charge is 0.358 e. The maximum atomic E-state index is 12.8. The van der Waals surface area contributed by atoms with Gasteiger partial charge in [0.25, 0.3) is 5.91 Å². The van der Waals surface area contributed by atoms with Crippen LogP contribution in [0.4, 0.5) is 5.69 Å². The quantitative estimate of drug-likeness (QED) is 0.520. The third-order valence-electron chi connectivity index (χ3n) is 4.22. The molecule has 0 aliphatic carbocycles. The molecule has 0 radical (unpaired) electrons. The SMILES string of the molecule is CCOC(=O)c1ccn(-c2cccc(NC(=O)c3cc(Cl)c(OCC)c(OC)c3)c2)n1. The van der Waals surface area contributed by atoms with Crippen molar-refractivity contribution >= 4 is 29.2 Å². The van der Waals surface area contributed by atoms with Gasteiger partial charge in [0.05, 0.1) is 31.0 Å². The highest BCUT2D eigenvalue weighted by Crippen LogP contribution is 2.36. The van der Waals surface area contributed by atoms with Gasteiger partial charge in [-0.2, -0.15) is 5.10 Å². The Bertz CT molecular complexity index is 1100. The molecule has 0 aliphatic heterocycles. The number of rotatable bonds is 8. The van der Waals surface area contributed by atoms with Gasteiger partial charge < -0.3 is 19.5 Å². The lowest BCUT2D eigenvalue weighted by Gasteiger charge is -2.13. The standard InChI is InChI=1S/C22H22ClN3O5/c1-4-30-20-17(23)11-14(12-19(20)29-3)21(27)24-15-7-6-8-16(13-15)26-10-9-18(25-26)22(28)31-5-2/h6-13H,4-5H2,1-3H3,(H,24,27). The summed E-state index contributed by atoms with van der Waals surface area (Å²) in [6.45, 7) is 4.25. The van der Waals surface area contributed by atoms with Gasteiger partial charge >= 0.3 is 5.97 Å². The van der Waals surface area contributed by atoms with Crippen LogP contribution in [0, 0.1) is 0 Å². The van der Waals surface area contributed by atoms with Gasteiger partial charge in [0.15, 0.2) is 17.2 Å². The maximum Gasteiger partial charge on any atom is 0.358 e. The average molecular weight is 444 g/mol. The summed E-state index contributed by atoms with van der Waals surface area (Å²) >= 11 is 6.26. The molecule has 0 aliphatic rings. The first-order valence-corrected chi connectivity index (χ1v) is 9.99. The zero-order valence-electron chi connectivity index (χ0n) is 17.3. The first kappa shape index (κ1) is 22.2. The highest BCUT2D eigenvalue weighted by Gasteiger charge is 2.16. The molecule has 0 saturated carbocycles. The number of halogens is 1. The summed E-state index contributed by atoms with van der Waals surface area (Å²) < 4.78 is 17.3. The Balaban J connectivity index is 1.80. The Kier molecular flexibility index (Phi) is 7.15. The number of carbonyl (C=O) groups excluding carboxylic acids is 2. The molecule has 0 bridgehead atoms. The van der Waals surface area contributed by atoms with Crippen molar-refractivity contribution in [1.29, 1.82) is 0 Å². The monoisotopic (exact) mass is 443 g/mol. The predicted octanol–water partition coefficient (Wildman–Crippen LogP) is 4.36. The molecule has 1 heterocycles. The minimum Gasteiger partial charge on any atom is -0.493 e. The first-order chi connectivity index (χ1) is 15.0. The van der Waals surface area contributed by atoms with E-state index in [1.807, 2.05) is 6.92 Å². The minimum absolute atomic E-state index is 0.201. The number of aromatic nitrogens is 2. The van der Waals surface area contributed by atoms with Gasteiger partial charge in [-0.1, -0.05) is 17.7 Å². The third-order valence-corrected chi connectivity index (χ3v) is 4.50. The van der Waals surface area contributed by atoms with Crippen LogP contribution in [-0.2, 0) is 4.74 Å². The van der Waals surface area contributed by atoms with Crippen molar-refractivity contribution in [2.24, 2.45) is 0 Å². The molecule has 1 N–H and O–H groups in total. The second-order valence-electron chi connectivity index (χ2n) is 6.29. The number of amides is 1. The number of carbonyl (C=O) groups is 2. The molecule has 9 heteroatoms. The van der Waals surface area contributed by atoms with Crippen LogP contribution in [0.2, 0.25) is 5.02 Å². The predicted molar refractivity (Wildman–Crippen MR) is 117 cm³/mol. The number of esters is 1. The van der Waals surface area contributed by atoms with Crippen molar-refractivity contribution in [2.45, 2.75) is 13.8 Å². The largest absolute Gasteiger partial charge is 0.493 e. The molecule has 0 atom stereocenters. The van der Waals surface area contributed by atoms with Gasteiger partial charge in [-0.3, -0.25) is 4.79 Å². The van der Waals surface area contributed by atoms with Crippen molar-refractivity contribution in [3.05, 3.63) is 64.9 Å². The van der Waals surface area contributed by atoms with Gasteiger partial charge in [0.1, 0.15) is 0 Å². The van der Waals surface area contributed by atoms with Crippen LogP contribution in [0.3, 0.4) is 0 Å². The molecule has 0 saturated heterocycles. The van der Waals surface area contributed by atoms with E-state index in [4.69, 9.17) is 25.8 Å². The summed E-state index contributed by atoms with van der Waals surface area (Å²) in [6, 6.07) is 11.7. The van der Waals surface area contributed by atoms with E-state index in [0.717, 1.165) is 0 Å². The number of nitrogens with one attached hydrogen (secondary N) is 1. The summed E-state index contributed by atoms with van der Waals surface area (Å²) in [7, 11) is 1.48. The summed E-state index contributed by atoms with van der Waals surface area (Å²) in [5, 5.41) is 7.32. The average Bonchev–Trinajstić information content (AvgIpc) is 3.26. The van der Waals surface area contributed by atoms with E-state index in [1.165, 1.54) is 17.9 Å². The minimum atomic E-state index is -0.493. The van der Waals surface area contributed by atoms with Crippen LogP contribution >= 0.6 is 11.6 Å². The molecule has 0 unspecified atom stereocenters. The molecule has 0 spiro atoms. The molecule has 2 aromatic carbocycles. The van der Waals surface area contributed by atoms with Crippen molar-refractivity contribution in [3.8, 4) is 17.2 Å². The molecule has 3 aromatic rings. The van der Waals surface area contributed by atoms with Gasteiger partial charge in [-0.05, 0) is 50.2 Å². The first-order valence-electron chi connectivity index (χ1n) is 9.61. The van der Waals surface area contributed by atoms with Crippen LogP contribution in [-0.4, -0.2) is 42.0 Å². The lowest BCUT2D eigenvalue weighted by Crippen LogP contribution is -2.13. The van der Waals surface area contributed by atoms with E-state index in [0.29, 0.717) is 35.0 Å². The van der Waals surface area contributed by atoms with Gasteiger partial charge in [0.2, 0.25) is 0 Å². The topological polar surface area (TPSA) is 91.7 Å². The summed E-state index contributed by atoms with van der Waals surface area (Å²) in [5.41, 5.74) is 1.72. The zero-order chi connectivity index (χ0) is 22.4. The Hall–Kier alpha value is -3.52. The van der Waals surface area contributed by atoms with Crippen LogP contribution in [0.5, 0.6) is 11.5 Å². The fraction of sp³-hybridized carbons (Fsp3) is 0.227. The fourth-order valence-electron chi connectivity index (χ4n) is 2.85. The van der Waals surface area contributed by atoms with E-state index >= 15 is 0 Å². The Morgan fingerprint density at radius 1 is 1.13 bits per heavy atom. The van der Waals surface area contributed by atoms with E-state index in [2.05, 4.69) is 10.4 Å². The third kappa shape index (κ3) is 5.16. The number of hydrogen-bond acceptors (Lipinski definition) is 6. The van der Waals surface area contributed by atoms with Gasteiger partial charge in [0, 0.05) is 17.4 Å². The number of benzene rings is 2. The molecule has 0 fully saturated rings. The Morgan fingerprint density at radius 3 is 2.65 bits per heavy atom. The Morgan fingerprint density at radius 2 is 1.94 bits per heavy atom. The normalized spacial score (nSPS) is 10.5. The molecular formula is C22H22ClN3O5. The highest BCUT2D eigenvalue weighted by molar-refractivity contribution is 6.32. The van der Waals surface area contributed by atoms with Crippen molar-refractivity contribution in [1.82, 2.24) is 9.78 Å². The van der Waals surface area contributed by atoms with Crippen LogP contribution in [0.15, 0.2) is 48.7 Å². The number of methoxy groups -OCH3 is 1. The lowest BCUT2D eigenvalue weighted by molar-refractivity contribution is 0.0519. The molecule has 1 aromatic heterocycles. The van der Waals surface area contributed by atoms with Crippen molar-refractivity contribution in [2.75, 3.05) is 25.6 Å². The fourth-order valence-corrected chi connectivity index (χ4v) is 3.11. The number of anilines is 1. The highest BCUT2D eigenvalue weighted by atomic mass is 35.5. The number of ether oxygens (including phenoxy) is 3. The zero-order valence-corrected chi connectivity index (χ0v) is 18.1. The van der Waals surface area contributed by atoms with Gasteiger partial charge in [-0.25, -0.2) is 9.48 Å². The Labute approximate surface area is 184 Å². The van der Waals surface area contributed by atoms with Gasteiger partial charge in [-0.15, -0.1) is 0 Å². The molecule has 31 heavy (non-hydrogen) atoms. The molecular weight excluding hydrogens is 422 g/mol. The molecule has 8 nitrogen and oxygen atoms in total. The van der Waals surface area contributed by atoms with E-state index in [-0.39, 0.29) is 23.2 Å². The molecule has 1 amide bonds. The second kappa shape index (κ2) is 9.99. The van der Waals surface area contributed by atoms with E-state index in [1.54, 1.807) is 49.5 Å². The van der Waals surface area contributed by atoms with Crippen molar-refractivity contribution in [3.63, 3.8) is 0 Å². The second-order valence-corrected chi connectivity index (χ2v) is 6.70. The summed E-state index contributed by atoms with van der Waals surface area (Å²) in [4.78, 5) is 24.6. The summed E-state index contributed by atoms with van der Waals surface area (Å²) in [6.07, 6.45) is 1.64. The van der Waals surface area contributed by atoms with Crippen molar-refractivity contribution < 1.29 is 23.8 Å². The van der Waals surface area contributed by atoms with Crippen LogP contribution in [0.25, 0.3) is 5.69 Å². The van der Waals surface area contributed by atoms with E-state index < -0.39 is 5.97 Å². The van der Waals surface area contributed by atoms with Crippen LogP contribution in [0.1, 0.15) is 34.7 Å².